The van der Waals surface area contributed by atoms with E-state index in [9.17, 15) is 5.11 Å². The van der Waals surface area contributed by atoms with Gasteiger partial charge in [-0.1, -0.05) is 12.1 Å². The Labute approximate surface area is 120 Å². The van der Waals surface area contributed by atoms with Crippen LogP contribution in [0, 0.1) is 0 Å². The van der Waals surface area contributed by atoms with Crippen molar-refractivity contribution in [2.45, 2.75) is 44.2 Å². The van der Waals surface area contributed by atoms with Gasteiger partial charge in [-0.05, 0) is 43.9 Å². The lowest BCUT2D eigenvalue weighted by Crippen LogP contribution is -2.48. The van der Waals surface area contributed by atoms with Crippen molar-refractivity contribution in [3.8, 4) is 5.75 Å². The summed E-state index contributed by atoms with van der Waals surface area (Å²) in [5.74, 6) is 0.832. The maximum atomic E-state index is 9.51. The monoisotopic (exact) mass is 279 g/mol. The van der Waals surface area contributed by atoms with Crippen molar-refractivity contribution in [3.05, 3.63) is 29.8 Å². The summed E-state index contributed by atoms with van der Waals surface area (Å²) in [5, 5.41) is 21.8. The highest BCUT2D eigenvalue weighted by Crippen LogP contribution is 2.24. The molecule has 1 atom stereocenters. The Morgan fingerprint density at radius 2 is 1.95 bits per heavy atom. The third kappa shape index (κ3) is 4.78. The van der Waals surface area contributed by atoms with Crippen LogP contribution in [-0.2, 0) is 6.42 Å². The Balaban J connectivity index is 1.76. The van der Waals surface area contributed by atoms with Gasteiger partial charge in [-0.15, -0.1) is 0 Å². The molecular formula is C16H25NO3. The molecule has 0 heterocycles. The molecule has 112 valence electrons. The number of rotatable bonds is 9. The molecule has 1 aliphatic carbocycles. The average molecular weight is 279 g/mol. The van der Waals surface area contributed by atoms with Gasteiger partial charge in [-0.2, -0.15) is 0 Å². The van der Waals surface area contributed by atoms with Crippen molar-refractivity contribution >= 4 is 0 Å². The number of aliphatic hydroxyl groups is 2. The number of nitrogens with one attached hydrogen (secondary N) is 1. The number of hydrogen-bond donors (Lipinski definition) is 3. The lowest BCUT2D eigenvalue weighted by Gasteiger charge is -2.29. The van der Waals surface area contributed by atoms with Crippen LogP contribution in [0.4, 0.5) is 0 Å². The van der Waals surface area contributed by atoms with Gasteiger partial charge in [0, 0.05) is 24.6 Å². The molecule has 4 nitrogen and oxygen atoms in total. The van der Waals surface area contributed by atoms with Gasteiger partial charge in [-0.25, -0.2) is 0 Å². The standard InChI is InChI=1S/C16H25NO3/c1-16(12-19,17-14-4-5-14)9-11-20-15-6-2-13(3-7-15)8-10-18/h2-3,6-7,14,17-19H,4-5,8-12H2,1H3. The van der Waals surface area contributed by atoms with Gasteiger partial charge in [0.1, 0.15) is 5.75 Å². The molecule has 20 heavy (non-hydrogen) atoms. The van der Waals surface area contributed by atoms with Crippen molar-refractivity contribution in [3.63, 3.8) is 0 Å². The first-order chi connectivity index (χ1) is 9.65. The maximum Gasteiger partial charge on any atom is 0.119 e. The van der Waals surface area contributed by atoms with Crippen LogP contribution >= 0.6 is 0 Å². The van der Waals surface area contributed by atoms with Crippen LogP contribution in [0.3, 0.4) is 0 Å². The fourth-order valence-electron chi connectivity index (χ4n) is 2.19. The van der Waals surface area contributed by atoms with E-state index in [0.717, 1.165) is 17.7 Å². The molecule has 0 amide bonds. The average Bonchev–Trinajstić information content (AvgIpc) is 3.25. The van der Waals surface area contributed by atoms with Gasteiger partial charge in [-0.3, -0.25) is 0 Å². The molecule has 1 unspecified atom stereocenters. The predicted octanol–water partition coefficient (Wildman–Crippen LogP) is 1.49. The second-order valence-corrected chi connectivity index (χ2v) is 5.85. The minimum absolute atomic E-state index is 0.127. The molecule has 0 bridgehead atoms. The summed E-state index contributed by atoms with van der Waals surface area (Å²) in [6.07, 6.45) is 3.87. The molecule has 0 aromatic heterocycles. The molecule has 2 rings (SSSR count). The summed E-state index contributed by atoms with van der Waals surface area (Å²) in [6.45, 7) is 2.92. The van der Waals surface area contributed by atoms with Gasteiger partial charge in [0.25, 0.3) is 0 Å². The molecule has 1 fully saturated rings. The molecule has 0 radical (unpaired) electrons. The third-order valence-corrected chi connectivity index (χ3v) is 3.73. The summed E-state index contributed by atoms with van der Waals surface area (Å²) in [7, 11) is 0. The molecular weight excluding hydrogens is 254 g/mol. The van der Waals surface area contributed by atoms with E-state index in [-0.39, 0.29) is 18.8 Å². The molecule has 0 aliphatic heterocycles. The highest BCUT2D eigenvalue weighted by Gasteiger charge is 2.31. The molecule has 1 aromatic rings. The summed E-state index contributed by atoms with van der Waals surface area (Å²) in [5.41, 5.74) is 0.855. The summed E-state index contributed by atoms with van der Waals surface area (Å²) in [6, 6.07) is 8.37. The minimum atomic E-state index is -0.252. The van der Waals surface area contributed by atoms with Crippen molar-refractivity contribution in [1.29, 1.82) is 0 Å². The Morgan fingerprint density at radius 1 is 1.25 bits per heavy atom. The lowest BCUT2D eigenvalue weighted by molar-refractivity contribution is 0.142. The van der Waals surface area contributed by atoms with Crippen LogP contribution in [0.5, 0.6) is 5.75 Å². The van der Waals surface area contributed by atoms with Gasteiger partial charge in [0.2, 0.25) is 0 Å². The number of hydrogen-bond acceptors (Lipinski definition) is 4. The third-order valence-electron chi connectivity index (χ3n) is 3.73. The van der Waals surface area contributed by atoms with E-state index in [2.05, 4.69) is 5.32 Å². The van der Waals surface area contributed by atoms with Crippen molar-refractivity contribution < 1.29 is 14.9 Å². The molecule has 0 saturated heterocycles. The van der Waals surface area contributed by atoms with E-state index in [1.807, 2.05) is 31.2 Å². The second kappa shape index (κ2) is 7.07. The van der Waals surface area contributed by atoms with Crippen molar-refractivity contribution in [1.82, 2.24) is 5.32 Å². The lowest BCUT2D eigenvalue weighted by atomic mass is 9.99. The van der Waals surface area contributed by atoms with Crippen LogP contribution in [0.1, 0.15) is 31.7 Å². The first kappa shape index (κ1) is 15.3. The van der Waals surface area contributed by atoms with Crippen LogP contribution in [0.15, 0.2) is 24.3 Å². The Morgan fingerprint density at radius 3 is 2.50 bits per heavy atom. The SMILES string of the molecule is CC(CO)(CCOc1ccc(CCO)cc1)NC1CC1. The van der Waals surface area contributed by atoms with Crippen LogP contribution in [0.2, 0.25) is 0 Å². The van der Waals surface area contributed by atoms with E-state index in [0.29, 0.717) is 19.1 Å². The van der Waals surface area contributed by atoms with Gasteiger partial charge in [0.05, 0.1) is 13.2 Å². The molecule has 3 N–H and O–H groups in total. The summed E-state index contributed by atoms with van der Waals surface area (Å²) >= 11 is 0. The highest BCUT2D eigenvalue weighted by molar-refractivity contribution is 5.27. The minimum Gasteiger partial charge on any atom is -0.494 e. The summed E-state index contributed by atoms with van der Waals surface area (Å²) < 4.78 is 5.73. The first-order valence-corrected chi connectivity index (χ1v) is 7.36. The van der Waals surface area contributed by atoms with E-state index < -0.39 is 0 Å². The fraction of sp³-hybridized carbons (Fsp3) is 0.625. The number of aliphatic hydroxyl groups excluding tert-OH is 2. The number of benzene rings is 1. The smallest absolute Gasteiger partial charge is 0.119 e. The van der Waals surface area contributed by atoms with E-state index >= 15 is 0 Å². The van der Waals surface area contributed by atoms with Crippen LogP contribution < -0.4 is 10.1 Å². The molecule has 1 aromatic carbocycles. The maximum absolute atomic E-state index is 9.51. The Bertz CT molecular complexity index is 403. The van der Waals surface area contributed by atoms with Gasteiger partial charge in [0.15, 0.2) is 0 Å². The number of ether oxygens (including phenoxy) is 1. The Hall–Kier alpha value is -1.10. The fourth-order valence-corrected chi connectivity index (χ4v) is 2.19. The molecule has 1 aliphatic rings. The normalized spacial score (nSPS) is 17.8. The zero-order valence-corrected chi connectivity index (χ0v) is 12.1. The van der Waals surface area contributed by atoms with E-state index in [1.165, 1.54) is 12.8 Å². The predicted molar refractivity (Wildman–Crippen MR) is 79.0 cm³/mol. The van der Waals surface area contributed by atoms with Crippen molar-refractivity contribution in [2.75, 3.05) is 19.8 Å². The zero-order chi connectivity index (χ0) is 14.4. The topological polar surface area (TPSA) is 61.7 Å². The van der Waals surface area contributed by atoms with Crippen LogP contribution in [-0.4, -0.2) is 41.6 Å². The first-order valence-electron chi connectivity index (χ1n) is 7.36. The molecule has 4 heteroatoms. The van der Waals surface area contributed by atoms with Crippen molar-refractivity contribution in [2.24, 2.45) is 0 Å². The molecule has 1 saturated carbocycles. The highest BCUT2D eigenvalue weighted by atomic mass is 16.5. The van der Waals surface area contributed by atoms with Crippen LogP contribution in [0.25, 0.3) is 0 Å². The van der Waals surface area contributed by atoms with Gasteiger partial charge >= 0.3 is 0 Å². The largest absolute Gasteiger partial charge is 0.494 e. The van der Waals surface area contributed by atoms with E-state index in [1.54, 1.807) is 0 Å². The van der Waals surface area contributed by atoms with E-state index in [4.69, 9.17) is 9.84 Å². The second-order valence-electron chi connectivity index (χ2n) is 5.85. The summed E-state index contributed by atoms with van der Waals surface area (Å²) in [4.78, 5) is 0. The van der Waals surface area contributed by atoms with Gasteiger partial charge < -0.3 is 20.3 Å². The molecule has 0 spiro atoms. The zero-order valence-electron chi connectivity index (χ0n) is 12.1. The quantitative estimate of drug-likeness (QED) is 0.641. The Kier molecular flexibility index (Phi) is 5.40.